The predicted octanol–water partition coefficient (Wildman–Crippen LogP) is 1.98. The summed E-state index contributed by atoms with van der Waals surface area (Å²) in [6, 6.07) is 0. The molecule has 0 spiro atoms. The number of carbonyl (C=O) groups is 2. The summed E-state index contributed by atoms with van der Waals surface area (Å²) in [6.45, 7) is 9.51. The molecule has 0 aliphatic heterocycles. The number of hydrogen-bond acceptors (Lipinski definition) is 3. The third-order valence-electron chi connectivity index (χ3n) is 0.507. The van der Waals surface area contributed by atoms with Crippen molar-refractivity contribution in [1.82, 2.24) is 0 Å². The van der Waals surface area contributed by atoms with Crippen LogP contribution in [0.1, 0.15) is 13.8 Å². The van der Waals surface area contributed by atoms with Crippen LogP contribution in [0.4, 0.5) is 0 Å². The number of aliphatic carboxylic acids is 2. The summed E-state index contributed by atoms with van der Waals surface area (Å²) in [5.41, 5.74) is 0. The van der Waals surface area contributed by atoms with Gasteiger partial charge >= 0.3 is 11.9 Å². The van der Waals surface area contributed by atoms with Crippen molar-refractivity contribution < 1.29 is 24.9 Å². The summed E-state index contributed by atoms with van der Waals surface area (Å²) in [5, 5.41) is 23.7. The molecule has 0 saturated heterocycles. The minimum atomic E-state index is -1.12. The summed E-state index contributed by atoms with van der Waals surface area (Å²) in [6.07, 6.45) is 3.31. The zero-order valence-electron chi connectivity index (χ0n) is 8.80. The van der Waals surface area contributed by atoms with E-state index in [4.69, 9.17) is 15.3 Å². The van der Waals surface area contributed by atoms with E-state index in [1.807, 2.05) is 6.92 Å². The topological polar surface area (TPSA) is 94.8 Å². The normalized spacial score (nSPS) is 8.27. The number of rotatable bonds is 2. The van der Waals surface area contributed by atoms with E-state index in [0.717, 1.165) is 12.2 Å². The maximum Gasteiger partial charge on any atom is 0.331 e. The van der Waals surface area contributed by atoms with Crippen molar-refractivity contribution in [2.75, 3.05) is 0 Å². The monoisotopic (exact) mass is 216 g/mol. The van der Waals surface area contributed by atoms with Gasteiger partial charge in [0.05, 0.1) is 11.8 Å². The van der Waals surface area contributed by atoms with E-state index < -0.39 is 11.9 Å². The van der Waals surface area contributed by atoms with Crippen LogP contribution < -0.4 is 0 Å². The Bertz CT molecular complexity index is 236. The van der Waals surface area contributed by atoms with Gasteiger partial charge in [0.1, 0.15) is 0 Å². The van der Waals surface area contributed by atoms with Crippen LogP contribution in [0.3, 0.4) is 0 Å². The van der Waals surface area contributed by atoms with Gasteiger partial charge in [-0.3, -0.25) is 0 Å². The minimum absolute atomic E-state index is 0.187. The Balaban J connectivity index is -0.000000158. The SMILES string of the molecule is C/C(O)=C/C(=O)O.C=CC.C=CC(=O)O. The molecule has 0 aromatic rings. The Morgan fingerprint density at radius 2 is 1.33 bits per heavy atom. The van der Waals surface area contributed by atoms with E-state index >= 15 is 0 Å². The van der Waals surface area contributed by atoms with Crippen LogP contribution >= 0.6 is 0 Å². The van der Waals surface area contributed by atoms with Crippen molar-refractivity contribution in [3.63, 3.8) is 0 Å². The van der Waals surface area contributed by atoms with Crippen LogP contribution in [-0.2, 0) is 9.59 Å². The molecule has 0 bridgehead atoms. The lowest BCUT2D eigenvalue weighted by atomic mass is 10.5. The van der Waals surface area contributed by atoms with Crippen molar-refractivity contribution in [2.45, 2.75) is 13.8 Å². The highest BCUT2D eigenvalue weighted by Crippen LogP contribution is 1.80. The van der Waals surface area contributed by atoms with Gasteiger partial charge in [-0.1, -0.05) is 12.7 Å². The fourth-order valence-corrected chi connectivity index (χ4v) is 0.179. The van der Waals surface area contributed by atoms with Gasteiger partial charge in [0.15, 0.2) is 0 Å². The Labute approximate surface area is 88.7 Å². The Hall–Kier alpha value is -2.04. The molecule has 0 aliphatic carbocycles. The summed E-state index contributed by atoms with van der Waals surface area (Å²) < 4.78 is 0. The van der Waals surface area contributed by atoms with E-state index in [1.54, 1.807) is 6.08 Å². The number of hydrogen-bond donors (Lipinski definition) is 3. The molecule has 0 heterocycles. The van der Waals surface area contributed by atoms with Gasteiger partial charge in [0.25, 0.3) is 0 Å². The van der Waals surface area contributed by atoms with Crippen molar-refractivity contribution in [3.05, 3.63) is 37.1 Å². The minimum Gasteiger partial charge on any atom is -0.512 e. The number of aliphatic hydroxyl groups is 1. The number of carboxylic acids is 2. The first-order valence-corrected chi connectivity index (χ1v) is 3.84. The molecule has 5 nitrogen and oxygen atoms in total. The summed E-state index contributed by atoms with van der Waals surface area (Å²) in [4.78, 5) is 18.8. The number of allylic oxidation sites excluding steroid dienone is 2. The number of aliphatic hydroxyl groups excluding tert-OH is 1. The zero-order valence-corrected chi connectivity index (χ0v) is 8.80. The van der Waals surface area contributed by atoms with Crippen molar-refractivity contribution in [1.29, 1.82) is 0 Å². The van der Waals surface area contributed by atoms with Crippen LogP contribution in [0.15, 0.2) is 37.1 Å². The first-order chi connectivity index (χ1) is 6.81. The second kappa shape index (κ2) is 14.5. The predicted molar refractivity (Wildman–Crippen MR) is 57.7 cm³/mol. The van der Waals surface area contributed by atoms with Gasteiger partial charge in [0.2, 0.25) is 0 Å². The van der Waals surface area contributed by atoms with Crippen molar-refractivity contribution in [2.24, 2.45) is 0 Å². The van der Waals surface area contributed by atoms with Crippen molar-refractivity contribution in [3.8, 4) is 0 Å². The van der Waals surface area contributed by atoms with Crippen LogP contribution in [0.5, 0.6) is 0 Å². The Morgan fingerprint density at radius 3 is 1.33 bits per heavy atom. The maximum absolute atomic E-state index is 9.57. The Kier molecular flexibility index (Phi) is 18.0. The standard InChI is InChI=1S/C4H6O3.C3H4O2.C3H6/c1-3(5)2-4(6)7;1-2-3(4)5;1-3-2/h2,5H,1H3,(H,6,7);2H,1H2,(H,4,5);3H,1H2,2H3/b3-2-;;. The highest BCUT2D eigenvalue weighted by Gasteiger charge is 1.86. The summed E-state index contributed by atoms with van der Waals surface area (Å²) in [7, 11) is 0. The van der Waals surface area contributed by atoms with Crippen molar-refractivity contribution >= 4 is 11.9 Å². The molecule has 0 aliphatic rings. The smallest absolute Gasteiger partial charge is 0.331 e. The first kappa shape index (κ1) is 18.7. The maximum atomic E-state index is 9.57. The van der Waals surface area contributed by atoms with E-state index in [1.165, 1.54) is 6.92 Å². The summed E-state index contributed by atoms with van der Waals surface area (Å²) in [5.74, 6) is -2.29. The average Bonchev–Trinajstić information content (AvgIpc) is 2.04. The quantitative estimate of drug-likeness (QED) is 0.372. The zero-order chi connectivity index (χ0) is 12.9. The van der Waals surface area contributed by atoms with Crippen LogP contribution in [-0.4, -0.2) is 27.3 Å². The molecule has 15 heavy (non-hydrogen) atoms. The molecule has 0 aromatic carbocycles. The van der Waals surface area contributed by atoms with Gasteiger partial charge in [0, 0.05) is 6.08 Å². The molecule has 0 unspecified atom stereocenters. The van der Waals surface area contributed by atoms with Gasteiger partial charge in [-0.2, -0.15) is 0 Å². The van der Waals surface area contributed by atoms with E-state index in [0.29, 0.717) is 0 Å². The van der Waals surface area contributed by atoms with E-state index in [2.05, 4.69) is 13.2 Å². The van der Waals surface area contributed by atoms with Crippen LogP contribution in [0, 0.1) is 0 Å². The molecule has 0 amide bonds. The molecule has 86 valence electrons. The summed E-state index contributed by atoms with van der Waals surface area (Å²) >= 11 is 0. The Morgan fingerprint density at radius 1 is 1.07 bits per heavy atom. The molecular formula is C10H16O5. The van der Waals surface area contributed by atoms with Crippen LogP contribution in [0.2, 0.25) is 0 Å². The van der Waals surface area contributed by atoms with E-state index in [9.17, 15) is 9.59 Å². The largest absolute Gasteiger partial charge is 0.512 e. The van der Waals surface area contributed by atoms with Crippen LogP contribution in [0.25, 0.3) is 0 Å². The lowest BCUT2D eigenvalue weighted by Gasteiger charge is -1.79. The molecule has 0 atom stereocenters. The molecule has 0 fully saturated rings. The van der Waals surface area contributed by atoms with Gasteiger partial charge < -0.3 is 15.3 Å². The third kappa shape index (κ3) is 75.7. The molecular weight excluding hydrogens is 200 g/mol. The molecule has 0 rings (SSSR count). The average molecular weight is 216 g/mol. The molecule has 5 heteroatoms. The number of carboxylic acid groups (broad SMARTS) is 2. The first-order valence-electron chi connectivity index (χ1n) is 3.84. The lowest BCUT2D eigenvalue weighted by molar-refractivity contribution is -0.132. The lowest BCUT2D eigenvalue weighted by Crippen LogP contribution is -1.87. The van der Waals surface area contributed by atoms with Gasteiger partial charge in [-0.15, -0.1) is 6.58 Å². The molecule has 0 saturated carbocycles. The molecule has 3 N–H and O–H groups in total. The van der Waals surface area contributed by atoms with E-state index in [-0.39, 0.29) is 5.76 Å². The fourth-order valence-electron chi connectivity index (χ4n) is 0.179. The third-order valence-corrected chi connectivity index (χ3v) is 0.507. The molecule has 0 aromatic heterocycles. The highest BCUT2D eigenvalue weighted by atomic mass is 16.4. The second-order valence-electron chi connectivity index (χ2n) is 2.07. The second-order valence-corrected chi connectivity index (χ2v) is 2.07. The van der Waals surface area contributed by atoms with Gasteiger partial charge in [-0.05, 0) is 13.8 Å². The fraction of sp³-hybridized carbons (Fsp3) is 0.200. The van der Waals surface area contributed by atoms with Gasteiger partial charge in [-0.25, -0.2) is 9.59 Å². The molecule has 0 radical (unpaired) electrons. The highest BCUT2D eigenvalue weighted by molar-refractivity contribution is 5.80.